The van der Waals surface area contributed by atoms with Crippen LogP contribution in [0, 0.1) is 0 Å². The van der Waals surface area contributed by atoms with Gasteiger partial charge in [0.25, 0.3) is 5.89 Å². The molecule has 0 aliphatic rings. The SMILES string of the molecule is Clc1ccc(-c2noc(/C(=C\c3ccccc3)c3ccccc3)n2)c(Cl)c1. The Labute approximate surface area is 166 Å². The minimum absolute atomic E-state index is 0.418. The number of aromatic nitrogens is 2. The third-order valence-corrected chi connectivity index (χ3v) is 4.57. The van der Waals surface area contributed by atoms with Gasteiger partial charge in [0.05, 0.1) is 5.02 Å². The van der Waals surface area contributed by atoms with Crippen LogP contribution in [0.3, 0.4) is 0 Å². The molecule has 0 atom stereocenters. The highest BCUT2D eigenvalue weighted by Gasteiger charge is 2.16. The molecular weight excluding hydrogens is 379 g/mol. The number of halogens is 2. The van der Waals surface area contributed by atoms with Crippen molar-refractivity contribution in [2.75, 3.05) is 0 Å². The van der Waals surface area contributed by atoms with Crippen LogP contribution in [0.5, 0.6) is 0 Å². The van der Waals surface area contributed by atoms with E-state index in [0.717, 1.165) is 16.7 Å². The van der Waals surface area contributed by atoms with Gasteiger partial charge in [-0.15, -0.1) is 0 Å². The molecule has 0 N–H and O–H groups in total. The molecule has 0 unspecified atom stereocenters. The standard InChI is InChI=1S/C22H14Cl2N2O/c23-17-11-12-18(20(24)14-17)21-25-22(27-26-21)19(16-9-5-2-6-10-16)13-15-7-3-1-4-8-15/h1-14H/b19-13-. The lowest BCUT2D eigenvalue weighted by molar-refractivity contribution is 0.409. The minimum Gasteiger partial charge on any atom is -0.334 e. The van der Waals surface area contributed by atoms with Crippen LogP contribution in [0.4, 0.5) is 0 Å². The second-order valence-corrected chi connectivity index (χ2v) is 6.73. The smallest absolute Gasteiger partial charge is 0.258 e. The lowest BCUT2D eigenvalue weighted by atomic mass is 10.0. The highest BCUT2D eigenvalue weighted by Crippen LogP contribution is 2.31. The van der Waals surface area contributed by atoms with Crippen LogP contribution in [-0.4, -0.2) is 10.1 Å². The Morgan fingerprint density at radius 2 is 1.56 bits per heavy atom. The van der Waals surface area contributed by atoms with Gasteiger partial charge in [-0.2, -0.15) is 4.98 Å². The Balaban J connectivity index is 1.80. The predicted molar refractivity (Wildman–Crippen MR) is 110 cm³/mol. The second kappa shape index (κ2) is 7.78. The summed E-state index contributed by atoms with van der Waals surface area (Å²) in [4.78, 5) is 4.57. The van der Waals surface area contributed by atoms with Gasteiger partial charge in [-0.1, -0.05) is 89.0 Å². The van der Waals surface area contributed by atoms with E-state index < -0.39 is 0 Å². The summed E-state index contributed by atoms with van der Waals surface area (Å²) in [5.74, 6) is 0.840. The molecule has 0 bridgehead atoms. The molecule has 27 heavy (non-hydrogen) atoms. The fourth-order valence-corrected chi connectivity index (χ4v) is 3.21. The predicted octanol–water partition coefficient (Wildman–Crippen LogP) is 6.63. The summed E-state index contributed by atoms with van der Waals surface area (Å²) in [6, 6.07) is 25.1. The first kappa shape index (κ1) is 17.5. The maximum absolute atomic E-state index is 6.28. The highest BCUT2D eigenvalue weighted by molar-refractivity contribution is 6.36. The summed E-state index contributed by atoms with van der Waals surface area (Å²) in [7, 11) is 0. The lowest BCUT2D eigenvalue weighted by Crippen LogP contribution is -1.89. The van der Waals surface area contributed by atoms with Gasteiger partial charge in [-0.3, -0.25) is 0 Å². The van der Waals surface area contributed by atoms with Crippen LogP contribution >= 0.6 is 23.2 Å². The fraction of sp³-hybridized carbons (Fsp3) is 0. The molecule has 0 saturated carbocycles. The van der Waals surface area contributed by atoms with Crippen molar-refractivity contribution in [1.82, 2.24) is 10.1 Å². The molecule has 1 heterocycles. The number of rotatable bonds is 4. The Morgan fingerprint density at radius 1 is 0.852 bits per heavy atom. The first-order valence-corrected chi connectivity index (χ1v) is 9.08. The van der Waals surface area contributed by atoms with Crippen molar-refractivity contribution in [3.8, 4) is 11.4 Å². The number of benzene rings is 3. The average Bonchev–Trinajstić information content (AvgIpc) is 3.17. The van der Waals surface area contributed by atoms with Crippen LogP contribution in [0.15, 0.2) is 83.4 Å². The monoisotopic (exact) mass is 392 g/mol. The Morgan fingerprint density at radius 3 is 2.26 bits per heavy atom. The highest BCUT2D eigenvalue weighted by atomic mass is 35.5. The van der Waals surface area contributed by atoms with E-state index in [2.05, 4.69) is 10.1 Å². The summed E-state index contributed by atoms with van der Waals surface area (Å²) in [5.41, 5.74) is 3.54. The zero-order chi connectivity index (χ0) is 18.6. The summed E-state index contributed by atoms with van der Waals surface area (Å²) in [6.45, 7) is 0. The van der Waals surface area contributed by atoms with E-state index in [-0.39, 0.29) is 0 Å². The molecule has 4 aromatic rings. The third kappa shape index (κ3) is 3.95. The van der Waals surface area contributed by atoms with E-state index in [1.807, 2.05) is 66.7 Å². The number of hydrogen-bond acceptors (Lipinski definition) is 3. The van der Waals surface area contributed by atoms with Crippen molar-refractivity contribution in [3.63, 3.8) is 0 Å². The Hall–Kier alpha value is -2.88. The molecule has 3 nitrogen and oxygen atoms in total. The molecule has 1 aromatic heterocycles. The van der Waals surface area contributed by atoms with Crippen molar-refractivity contribution in [1.29, 1.82) is 0 Å². The molecule has 0 spiro atoms. The van der Waals surface area contributed by atoms with Crippen LogP contribution < -0.4 is 0 Å². The van der Waals surface area contributed by atoms with Crippen LogP contribution in [-0.2, 0) is 0 Å². The van der Waals surface area contributed by atoms with Crippen LogP contribution in [0.2, 0.25) is 10.0 Å². The topological polar surface area (TPSA) is 38.9 Å². The maximum atomic E-state index is 6.28. The molecule has 0 fully saturated rings. The first-order chi connectivity index (χ1) is 13.2. The summed E-state index contributed by atoms with van der Waals surface area (Å²) >= 11 is 12.3. The van der Waals surface area contributed by atoms with Gasteiger partial charge in [-0.25, -0.2) is 0 Å². The molecule has 0 radical (unpaired) electrons. The van der Waals surface area contributed by atoms with E-state index in [1.165, 1.54) is 0 Å². The van der Waals surface area contributed by atoms with Gasteiger partial charge in [0, 0.05) is 16.2 Å². The molecule has 0 aliphatic heterocycles. The van der Waals surface area contributed by atoms with Crippen LogP contribution in [0.1, 0.15) is 17.0 Å². The van der Waals surface area contributed by atoms with E-state index in [1.54, 1.807) is 18.2 Å². The average molecular weight is 393 g/mol. The molecule has 0 saturated heterocycles. The minimum atomic E-state index is 0.418. The van der Waals surface area contributed by atoms with Gasteiger partial charge < -0.3 is 4.52 Å². The molecule has 5 heteroatoms. The van der Waals surface area contributed by atoms with Gasteiger partial charge in [-0.05, 0) is 35.4 Å². The Bertz CT molecular complexity index is 1090. The van der Waals surface area contributed by atoms with Crippen molar-refractivity contribution in [2.45, 2.75) is 0 Å². The van der Waals surface area contributed by atoms with Gasteiger partial charge in [0.1, 0.15) is 0 Å². The summed E-state index contributed by atoms with van der Waals surface area (Å²) < 4.78 is 5.57. The van der Waals surface area contributed by atoms with Gasteiger partial charge in [0.2, 0.25) is 5.82 Å². The second-order valence-electron chi connectivity index (χ2n) is 5.88. The van der Waals surface area contributed by atoms with Crippen molar-refractivity contribution >= 4 is 34.9 Å². The zero-order valence-corrected chi connectivity index (χ0v) is 15.7. The fourth-order valence-electron chi connectivity index (χ4n) is 2.72. The summed E-state index contributed by atoms with van der Waals surface area (Å²) in [5, 5.41) is 5.14. The molecule has 3 aromatic carbocycles. The molecule has 132 valence electrons. The lowest BCUT2D eigenvalue weighted by Gasteiger charge is -2.03. The van der Waals surface area contributed by atoms with Crippen molar-refractivity contribution in [3.05, 3.63) is 106 Å². The molecule has 0 aliphatic carbocycles. The maximum Gasteiger partial charge on any atom is 0.258 e. The third-order valence-electron chi connectivity index (χ3n) is 4.02. The molecule has 4 rings (SSSR count). The first-order valence-electron chi connectivity index (χ1n) is 8.32. The van der Waals surface area contributed by atoms with Crippen molar-refractivity contribution in [2.24, 2.45) is 0 Å². The quantitative estimate of drug-likeness (QED) is 0.365. The number of hydrogen-bond donors (Lipinski definition) is 0. The number of nitrogens with zero attached hydrogens (tertiary/aromatic N) is 2. The molecule has 0 amide bonds. The van der Waals surface area contributed by atoms with E-state index in [0.29, 0.717) is 27.3 Å². The van der Waals surface area contributed by atoms with Gasteiger partial charge >= 0.3 is 0 Å². The van der Waals surface area contributed by atoms with Crippen LogP contribution in [0.25, 0.3) is 23.0 Å². The van der Waals surface area contributed by atoms with E-state index >= 15 is 0 Å². The van der Waals surface area contributed by atoms with E-state index in [4.69, 9.17) is 27.7 Å². The molecular formula is C22H14Cl2N2O. The largest absolute Gasteiger partial charge is 0.334 e. The van der Waals surface area contributed by atoms with E-state index in [9.17, 15) is 0 Å². The van der Waals surface area contributed by atoms with Crippen molar-refractivity contribution < 1.29 is 4.52 Å². The Kier molecular flexibility index (Phi) is 5.05. The summed E-state index contributed by atoms with van der Waals surface area (Å²) in [6.07, 6.45) is 2.02. The normalized spacial score (nSPS) is 11.6. The van der Waals surface area contributed by atoms with Gasteiger partial charge in [0.15, 0.2) is 0 Å². The zero-order valence-electron chi connectivity index (χ0n) is 14.1.